The maximum Gasteiger partial charge on any atom is 0.420 e. The van der Waals surface area contributed by atoms with E-state index in [1.165, 1.54) is 10.6 Å². The number of pyridine rings is 1. The van der Waals surface area contributed by atoms with Crippen LogP contribution in [0.2, 0.25) is 0 Å². The van der Waals surface area contributed by atoms with Crippen LogP contribution in [-0.4, -0.2) is 44.9 Å². The van der Waals surface area contributed by atoms with Crippen molar-refractivity contribution in [3.8, 4) is 5.88 Å². The van der Waals surface area contributed by atoms with E-state index < -0.39 is 18.0 Å². The van der Waals surface area contributed by atoms with Gasteiger partial charge in [0, 0.05) is 29.9 Å². The highest BCUT2D eigenvalue weighted by atomic mass is 19.1. The highest BCUT2D eigenvalue weighted by Gasteiger charge is 2.32. The van der Waals surface area contributed by atoms with Gasteiger partial charge in [0.25, 0.3) is 0 Å². The number of hydrogen-bond acceptors (Lipinski definition) is 7. The molecular formula is C19H18FN5O3. The zero-order valence-electron chi connectivity index (χ0n) is 15.2. The van der Waals surface area contributed by atoms with E-state index in [1.54, 1.807) is 25.4 Å². The molecule has 2 atom stereocenters. The molecule has 0 spiro atoms. The summed E-state index contributed by atoms with van der Waals surface area (Å²) in [7, 11) is 0. The fourth-order valence-electron chi connectivity index (χ4n) is 3.79. The van der Waals surface area contributed by atoms with Crippen LogP contribution >= 0.6 is 0 Å². The lowest BCUT2D eigenvalue weighted by Crippen LogP contribution is -2.26. The molecule has 3 aromatic heterocycles. The van der Waals surface area contributed by atoms with Crippen LogP contribution in [0, 0.1) is 5.82 Å². The minimum atomic E-state index is -0.541. The third-order valence-corrected chi connectivity index (χ3v) is 5.08. The summed E-state index contributed by atoms with van der Waals surface area (Å²) >= 11 is 0. The molecule has 5 heterocycles. The van der Waals surface area contributed by atoms with Gasteiger partial charge in [-0.2, -0.15) is 4.98 Å². The predicted molar refractivity (Wildman–Crippen MR) is 97.9 cm³/mol. The number of halogens is 1. The van der Waals surface area contributed by atoms with E-state index in [1.807, 2.05) is 4.90 Å². The molecule has 0 aliphatic carbocycles. The van der Waals surface area contributed by atoms with Crippen LogP contribution in [0.15, 0.2) is 30.7 Å². The van der Waals surface area contributed by atoms with E-state index in [2.05, 4.69) is 15.0 Å². The number of nitrogens with zero attached hydrogens (tertiary/aromatic N) is 5. The molecule has 3 aromatic rings. The molecule has 2 aliphatic heterocycles. The van der Waals surface area contributed by atoms with Gasteiger partial charge >= 0.3 is 6.09 Å². The molecule has 0 radical (unpaired) electrons. The molecule has 0 amide bonds. The summed E-state index contributed by atoms with van der Waals surface area (Å²) in [5.41, 5.74) is 1.12. The normalized spacial score (nSPS) is 21.9. The standard InChI is InChI=1S/C19H18FN5O3/c1-11-10-27-17-14(7-13(20)9-21-17)15-3-2-5-24(15)18-22-8-12-4-6-25(16(12)23-18)19(26)28-11/h4,6-9,11,15H,2-3,5,10H2,1H3/t11-,15+/m0/s1. The second-order valence-electron chi connectivity index (χ2n) is 7.04. The number of carbonyl (C=O) groups excluding carboxylic acids is 1. The van der Waals surface area contributed by atoms with Gasteiger partial charge in [-0.1, -0.05) is 0 Å². The first-order chi connectivity index (χ1) is 13.6. The number of anilines is 1. The van der Waals surface area contributed by atoms with Gasteiger partial charge < -0.3 is 14.4 Å². The van der Waals surface area contributed by atoms with Crippen molar-refractivity contribution in [2.75, 3.05) is 18.1 Å². The first-order valence-electron chi connectivity index (χ1n) is 9.20. The van der Waals surface area contributed by atoms with Gasteiger partial charge in [0.2, 0.25) is 11.8 Å². The zero-order valence-corrected chi connectivity index (χ0v) is 15.2. The molecule has 28 heavy (non-hydrogen) atoms. The number of fused-ring (bicyclic) bond motifs is 5. The summed E-state index contributed by atoms with van der Waals surface area (Å²) in [5, 5.41) is 0.739. The fourth-order valence-corrected chi connectivity index (χ4v) is 3.79. The van der Waals surface area contributed by atoms with Crippen molar-refractivity contribution in [2.24, 2.45) is 0 Å². The second-order valence-corrected chi connectivity index (χ2v) is 7.04. The van der Waals surface area contributed by atoms with E-state index in [0.29, 0.717) is 29.6 Å². The van der Waals surface area contributed by atoms with Gasteiger partial charge in [0.05, 0.1) is 12.2 Å². The Hall–Kier alpha value is -3.23. The Morgan fingerprint density at radius 3 is 3.07 bits per heavy atom. The lowest BCUT2D eigenvalue weighted by molar-refractivity contribution is 0.0752. The van der Waals surface area contributed by atoms with Gasteiger partial charge in [0.1, 0.15) is 18.5 Å². The van der Waals surface area contributed by atoms with Crippen molar-refractivity contribution >= 4 is 23.1 Å². The summed E-state index contributed by atoms with van der Waals surface area (Å²) in [6.07, 6.45) is 5.07. The van der Waals surface area contributed by atoms with Gasteiger partial charge in [-0.3, -0.25) is 0 Å². The van der Waals surface area contributed by atoms with Gasteiger partial charge in [0.15, 0.2) is 5.65 Å². The summed E-state index contributed by atoms with van der Waals surface area (Å²) in [6.45, 7) is 2.56. The number of cyclic esters (lactones) is 1. The maximum atomic E-state index is 14.0. The quantitative estimate of drug-likeness (QED) is 0.590. The number of carbonyl (C=O) groups is 1. The SMILES string of the molecule is C[C@H]1COc2ncc(F)cc2[C@H]2CCCN2c2ncc3ccn(c3n2)C(=O)O1. The van der Waals surface area contributed by atoms with Crippen molar-refractivity contribution in [1.82, 2.24) is 19.5 Å². The molecule has 5 rings (SSSR count). The van der Waals surface area contributed by atoms with Crippen LogP contribution < -0.4 is 9.64 Å². The first-order valence-corrected chi connectivity index (χ1v) is 9.20. The van der Waals surface area contributed by atoms with Crippen LogP contribution in [0.3, 0.4) is 0 Å². The number of rotatable bonds is 0. The van der Waals surface area contributed by atoms with Gasteiger partial charge in [-0.15, -0.1) is 0 Å². The van der Waals surface area contributed by atoms with Crippen LogP contribution in [0.25, 0.3) is 11.0 Å². The molecule has 1 saturated heterocycles. The van der Waals surface area contributed by atoms with Crippen molar-refractivity contribution < 1.29 is 18.7 Å². The fraction of sp³-hybridized carbons (Fsp3) is 0.368. The minimum absolute atomic E-state index is 0.109. The third kappa shape index (κ3) is 2.74. The minimum Gasteiger partial charge on any atom is -0.473 e. The molecule has 0 N–H and O–H groups in total. The number of aromatic nitrogens is 4. The van der Waals surface area contributed by atoms with Crippen LogP contribution in [0.1, 0.15) is 31.4 Å². The molecule has 0 saturated carbocycles. The van der Waals surface area contributed by atoms with Gasteiger partial charge in [-0.05, 0) is 31.9 Å². The van der Waals surface area contributed by atoms with E-state index >= 15 is 0 Å². The molecule has 1 fully saturated rings. The van der Waals surface area contributed by atoms with Crippen LogP contribution in [0.4, 0.5) is 15.1 Å². The molecule has 9 heteroatoms. The predicted octanol–water partition coefficient (Wildman–Crippen LogP) is 3.07. The zero-order chi connectivity index (χ0) is 19.3. The average Bonchev–Trinajstić information content (AvgIpc) is 3.32. The lowest BCUT2D eigenvalue weighted by atomic mass is 10.1. The monoisotopic (exact) mass is 383 g/mol. The topological polar surface area (TPSA) is 82.4 Å². The Kier molecular flexibility index (Phi) is 3.88. The molecule has 2 aliphatic rings. The molecule has 0 aromatic carbocycles. The van der Waals surface area contributed by atoms with Crippen LogP contribution in [-0.2, 0) is 4.74 Å². The van der Waals surface area contributed by atoms with E-state index in [-0.39, 0.29) is 12.6 Å². The lowest BCUT2D eigenvalue weighted by Gasteiger charge is -2.26. The molecule has 0 unspecified atom stereocenters. The maximum absolute atomic E-state index is 14.0. The Morgan fingerprint density at radius 2 is 2.18 bits per heavy atom. The van der Waals surface area contributed by atoms with Crippen LogP contribution in [0.5, 0.6) is 5.88 Å². The Morgan fingerprint density at radius 1 is 1.29 bits per heavy atom. The third-order valence-electron chi connectivity index (χ3n) is 5.08. The largest absolute Gasteiger partial charge is 0.473 e. The van der Waals surface area contributed by atoms with Crippen molar-refractivity contribution in [3.05, 3.63) is 42.1 Å². The summed E-state index contributed by atoms with van der Waals surface area (Å²) in [4.78, 5) is 27.8. The molecule has 144 valence electrons. The summed E-state index contributed by atoms with van der Waals surface area (Å²) in [5.74, 6) is 0.384. The van der Waals surface area contributed by atoms with E-state index in [9.17, 15) is 9.18 Å². The van der Waals surface area contributed by atoms with E-state index in [4.69, 9.17) is 9.47 Å². The average molecular weight is 383 g/mol. The summed E-state index contributed by atoms with van der Waals surface area (Å²) < 4.78 is 26.6. The van der Waals surface area contributed by atoms with Gasteiger partial charge in [-0.25, -0.2) is 23.7 Å². The van der Waals surface area contributed by atoms with Crippen molar-refractivity contribution in [1.29, 1.82) is 0 Å². The second kappa shape index (κ2) is 6.43. The highest BCUT2D eigenvalue weighted by Crippen LogP contribution is 2.38. The van der Waals surface area contributed by atoms with Crippen molar-refractivity contribution in [2.45, 2.75) is 31.9 Å². The molecular weight excluding hydrogens is 365 g/mol. The number of ether oxygens (including phenoxy) is 2. The summed E-state index contributed by atoms with van der Waals surface area (Å²) in [6, 6.07) is 3.05. The highest BCUT2D eigenvalue weighted by molar-refractivity contribution is 5.87. The Balaban J connectivity index is 1.69. The molecule has 2 bridgehead atoms. The Bertz CT molecular complexity index is 1070. The Labute approximate surface area is 159 Å². The first kappa shape index (κ1) is 16.9. The molecule has 8 nitrogen and oxygen atoms in total. The van der Waals surface area contributed by atoms with Crippen molar-refractivity contribution in [3.63, 3.8) is 0 Å². The van der Waals surface area contributed by atoms with E-state index in [0.717, 1.165) is 24.4 Å². The smallest absolute Gasteiger partial charge is 0.420 e. The number of hydrogen-bond donors (Lipinski definition) is 0.